The number of nitriles is 1. The number of hydrogen-bond donors (Lipinski definition) is 2. The van der Waals surface area contributed by atoms with Gasteiger partial charge >= 0.3 is 6.03 Å². The van der Waals surface area contributed by atoms with Crippen molar-refractivity contribution in [1.29, 1.82) is 5.26 Å². The lowest BCUT2D eigenvalue weighted by Crippen LogP contribution is -2.49. The van der Waals surface area contributed by atoms with E-state index in [-0.39, 0.29) is 28.6 Å². The van der Waals surface area contributed by atoms with Gasteiger partial charge in [0.2, 0.25) is 5.91 Å². The number of amides is 3. The molecule has 3 aliphatic rings. The summed E-state index contributed by atoms with van der Waals surface area (Å²) in [6.45, 7) is 8.69. The number of benzene rings is 2. The summed E-state index contributed by atoms with van der Waals surface area (Å²) >= 11 is 4.76. The maximum Gasteiger partial charge on any atom is 0.326 e. The van der Waals surface area contributed by atoms with E-state index in [1.54, 1.807) is 23.1 Å². The molecule has 0 spiro atoms. The van der Waals surface area contributed by atoms with Gasteiger partial charge in [0.1, 0.15) is 11.1 Å². The highest BCUT2D eigenvalue weighted by molar-refractivity contribution is 8.00. The lowest BCUT2D eigenvalue weighted by atomic mass is 9.72. The van der Waals surface area contributed by atoms with Gasteiger partial charge in [-0.1, -0.05) is 63.3 Å². The zero-order valence-electron chi connectivity index (χ0n) is 25.3. The number of carbonyl (C=O) groups excluding carboxylic acids is 2. The van der Waals surface area contributed by atoms with E-state index in [4.69, 9.17) is 0 Å². The second kappa shape index (κ2) is 12.5. The van der Waals surface area contributed by atoms with Crippen LogP contribution in [0.4, 0.5) is 21.2 Å². The minimum absolute atomic E-state index is 0.0817. The van der Waals surface area contributed by atoms with Crippen molar-refractivity contribution >= 4 is 63.2 Å². The van der Waals surface area contributed by atoms with Crippen molar-refractivity contribution < 1.29 is 9.59 Å². The number of nitrogens with zero attached hydrogens (tertiary/aromatic N) is 2. The molecule has 0 saturated heterocycles. The molecule has 1 aromatic heterocycles. The van der Waals surface area contributed by atoms with Gasteiger partial charge in [-0.2, -0.15) is 5.26 Å². The van der Waals surface area contributed by atoms with Gasteiger partial charge in [-0.05, 0) is 73.4 Å². The minimum atomic E-state index is -0.403. The Morgan fingerprint density at radius 1 is 1.09 bits per heavy atom. The first kappa shape index (κ1) is 30.6. The third-order valence-electron chi connectivity index (χ3n) is 8.57. The van der Waals surface area contributed by atoms with Gasteiger partial charge in [-0.25, -0.2) is 4.79 Å². The molecule has 0 saturated carbocycles. The number of hydrogen-bond acceptors (Lipinski definition) is 6. The molecule has 2 N–H and O–H groups in total. The molecule has 6 rings (SSSR count). The van der Waals surface area contributed by atoms with Crippen LogP contribution in [-0.4, -0.2) is 28.5 Å². The molecule has 0 radical (unpaired) electrons. The van der Waals surface area contributed by atoms with E-state index in [0.717, 1.165) is 40.3 Å². The predicted molar refractivity (Wildman–Crippen MR) is 184 cm³/mol. The highest BCUT2D eigenvalue weighted by atomic mass is 32.2. The van der Waals surface area contributed by atoms with Gasteiger partial charge in [-0.15, -0.1) is 34.9 Å². The largest absolute Gasteiger partial charge is 0.326 e. The zero-order chi connectivity index (χ0) is 31.0. The molecule has 0 fully saturated rings. The number of thiophene rings is 1. The van der Waals surface area contributed by atoms with Crippen LogP contribution in [0.25, 0.3) is 0 Å². The van der Waals surface area contributed by atoms with Gasteiger partial charge in [-0.3, -0.25) is 9.69 Å². The number of allylic oxidation sites excluding steroid dienone is 2. The topological polar surface area (TPSA) is 85.2 Å². The van der Waals surface area contributed by atoms with E-state index in [9.17, 15) is 14.9 Å². The molecule has 44 heavy (non-hydrogen) atoms. The van der Waals surface area contributed by atoms with E-state index in [0.29, 0.717) is 22.2 Å². The third-order valence-corrected chi connectivity index (χ3v) is 12.1. The summed E-state index contributed by atoms with van der Waals surface area (Å²) < 4.78 is 0. The summed E-state index contributed by atoms with van der Waals surface area (Å²) in [4.78, 5) is 32.0. The van der Waals surface area contributed by atoms with E-state index in [1.807, 2.05) is 66.4 Å². The van der Waals surface area contributed by atoms with E-state index in [1.165, 1.54) is 16.6 Å². The molecule has 2 aromatic carbocycles. The van der Waals surface area contributed by atoms with E-state index < -0.39 is 5.25 Å². The lowest BCUT2D eigenvalue weighted by Gasteiger charge is -2.40. The number of fused-ring (bicyclic) bond motifs is 3. The first-order chi connectivity index (χ1) is 21.1. The Bertz CT molecular complexity index is 1700. The monoisotopic (exact) mass is 640 g/mol. The molecule has 3 amide bonds. The number of urea groups is 1. The van der Waals surface area contributed by atoms with Crippen LogP contribution in [-0.2, 0) is 17.6 Å². The molecule has 0 bridgehead atoms. The standard InChI is InChI=1S/C35H36N4O2S3/c1-21(32(40)38-33-26(20-36)25-17-16-22(35(2,3)4)18-31(25)44-33)42-24-11-9-10-23(19-24)37-34(41)39-27-12-5-7-14-29(27)43-30-15-8-6-13-28(30)39/h5-15,19,21-22,27,29H,16-18H2,1-4H3,(H,37,41)(H,38,40). The molecule has 226 valence electrons. The molecule has 2 heterocycles. The van der Waals surface area contributed by atoms with E-state index in [2.05, 4.69) is 55.7 Å². The highest BCUT2D eigenvalue weighted by Crippen LogP contribution is 2.45. The first-order valence-electron chi connectivity index (χ1n) is 15.0. The Balaban J connectivity index is 1.13. The average molecular weight is 641 g/mol. The molecular formula is C35H36N4O2S3. The first-order valence-corrected chi connectivity index (χ1v) is 17.5. The predicted octanol–water partition coefficient (Wildman–Crippen LogP) is 8.90. The molecular weight excluding hydrogens is 605 g/mol. The van der Waals surface area contributed by atoms with Crippen LogP contribution >= 0.6 is 34.9 Å². The summed E-state index contributed by atoms with van der Waals surface area (Å²) in [5.74, 6) is 0.421. The van der Waals surface area contributed by atoms with Crippen molar-refractivity contribution in [3.05, 3.63) is 88.8 Å². The number of anilines is 3. The fourth-order valence-electron chi connectivity index (χ4n) is 6.06. The van der Waals surface area contributed by atoms with Crippen LogP contribution in [0.3, 0.4) is 0 Å². The molecule has 4 atom stereocenters. The van der Waals surface area contributed by atoms with Crippen molar-refractivity contribution in [2.45, 2.75) is 73.3 Å². The van der Waals surface area contributed by atoms with Crippen LogP contribution in [0.2, 0.25) is 0 Å². The smallest absolute Gasteiger partial charge is 0.316 e. The molecule has 3 aromatic rings. The lowest BCUT2D eigenvalue weighted by molar-refractivity contribution is -0.115. The van der Waals surface area contributed by atoms with Crippen molar-refractivity contribution in [3.63, 3.8) is 0 Å². The van der Waals surface area contributed by atoms with Crippen LogP contribution in [0, 0.1) is 22.7 Å². The number of para-hydroxylation sites is 1. The third kappa shape index (κ3) is 6.21. The van der Waals surface area contributed by atoms with E-state index >= 15 is 0 Å². The van der Waals surface area contributed by atoms with Gasteiger partial charge in [0.25, 0.3) is 0 Å². The van der Waals surface area contributed by atoms with Crippen molar-refractivity contribution in [3.8, 4) is 6.07 Å². The highest BCUT2D eigenvalue weighted by Gasteiger charge is 2.37. The van der Waals surface area contributed by atoms with Crippen molar-refractivity contribution in [1.82, 2.24) is 0 Å². The fourth-order valence-corrected chi connectivity index (χ4v) is 9.52. The minimum Gasteiger partial charge on any atom is -0.316 e. The maximum atomic E-state index is 13.7. The number of thioether (sulfide) groups is 2. The van der Waals surface area contributed by atoms with Crippen molar-refractivity contribution in [2.75, 3.05) is 15.5 Å². The Morgan fingerprint density at radius 3 is 2.68 bits per heavy atom. The Kier molecular flexibility index (Phi) is 8.69. The van der Waals surface area contributed by atoms with Gasteiger partial charge < -0.3 is 10.6 Å². The van der Waals surface area contributed by atoms with Gasteiger partial charge in [0.15, 0.2) is 0 Å². The van der Waals surface area contributed by atoms with Crippen LogP contribution in [0.1, 0.15) is 50.1 Å². The molecule has 1 aliphatic heterocycles. The molecule has 2 aliphatic carbocycles. The maximum absolute atomic E-state index is 13.7. The van der Waals surface area contributed by atoms with Crippen LogP contribution in [0.5, 0.6) is 0 Å². The Labute approximate surface area is 272 Å². The SMILES string of the molecule is CC(Sc1cccc(NC(=O)N2c3ccccc3SC3C=CC=CC32)c1)C(=O)Nc1sc2c(c1C#N)CCC(C(C)(C)C)C2. The average Bonchev–Trinajstić information content (AvgIpc) is 3.35. The second-order valence-electron chi connectivity index (χ2n) is 12.5. The quantitative estimate of drug-likeness (QED) is 0.272. The molecule has 6 nitrogen and oxygen atoms in total. The summed E-state index contributed by atoms with van der Waals surface area (Å²) in [7, 11) is 0. The number of rotatable bonds is 5. The molecule has 4 unspecified atom stereocenters. The summed E-state index contributed by atoms with van der Waals surface area (Å²) in [6, 6.07) is 17.7. The number of nitrogens with one attached hydrogen (secondary N) is 2. The molecule has 9 heteroatoms. The van der Waals surface area contributed by atoms with Crippen LogP contribution in [0.15, 0.2) is 82.6 Å². The second-order valence-corrected chi connectivity index (χ2v) is 16.3. The zero-order valence-corrected chi connectivity index (χ0v) is 27.7. The Hall–Kier alpha value is -3.45. The fraction of sp³-hybridized carbons (Fsp3) is 0.343. The number of carbonyl (C=O) groups is 2. The summed E-state index contributed by atoms with van der Waals surface area (Å²) in [6.07, 6.45) is 11.1. The summed E-state index contributed by atoms with van der Waals surface area (Å²) in [5.41, 5.74) is 3.50. The van der Waals surface area contributed by atoms with Gasteiger partial charge in [0, 0.05) is 20.4 Å². The normalized spacial score (nSPS) is 21.0. The summed E-state index contributed by atoms with van der Waals surface area (Å²) in [5, 5.41) is 16.5. The van der Waals surface area contributed by atoms with Gasteiger partial charge in [0.05, 0.1) is 27.8 Å². The van der Waals surface area contributed by atoms with Crippen LogP contribution < -0.4 is 15.5 Å². The van der Waals surface area contributed by atoms with Crippen molar-refractivity contribution in [2.24, 2.45) is 11.3 Å². The Morgan fingerprint density at radius 2 is 1.89 bits per heavy atom.